The summed E-state index contributed by atoms with van der Waals surface area (Å²) >= 11 is 0. The van der Waals surface area contributed by atoms with Gasteiger partial charge in [-0.3, -0.25) is 4.90 Å². The quantitative estimate of drug-likeness (QED) is 0.759. The highest BCUT2D eigenvalue weighted by Gasteiger charge is 2.20. The van der Waals surface area contributed by atoms with Gasteiger partial charge in [0, 0.05) is 19.1 Å². The maximum absolute atomic E-state index is 10.6. The van der Waals surface area contributed by atoms with E-state index in [1.165, 1.54) is 6.07 Å². The van der Waals surface area contributed by atoms with Crippen LogP contribution in [-0.2, 0) is 6.54 Å². The van der Waals surface area contributed by atoms with Gasteiger partial charge in [-0.05, 0) is 18.6 Å². The number of aromatic carboxylic acids is 1. The van der Waals surface area contributed by atoms with E-state index in [1.807, 2.05) is 0 Å². The molecule has 1 aromatic rings. The number of furan rings is 1. The van der Waals surface area contributed by atoms with Crippen LogP contribution in [0.5, 0.6) is 0 Å². The Kier molecular flexibility index (Phi) is 2.75. The van der Waals surface area contributed by atoms with Crippen LogP contribution in [0.3, 0.4) is 0 Å². The Balaban J connectivity index is 1.96. The predicted molar refractivity (Wildman–Crippen MR) is 53.5 cm³/mol. The van der Waals surface area contributed by atoms with Gasteiger partial charge in [0.25, 0.3) is 0 Å². The predicted octanol–water partition coefficient (Wildman–Crippen LogP) is 0.511. The Morgan fingerprint density at radius 2 is 2.47 bits per heavy atom. The first-order valence-corrected chi connectivity index (χ1v) is 4.95. The Hall–Kier alpha value is -1.33. The first-order valence-electron chi connectivity index (χ1n) is 4.95. The standard InChI is InChI=1S/C10H14N2O3/c11-7-3-4-12(5-7)6-8-1-2-9(15-8)10(13)14/h1-2,7H,3-6,11H2,(H,13,14). The van der Waals surface area contributed by atoms with Gasteiger partial charge in [0.1, 0.15) is 5.76 Å². The molecule has 2 rings (SSSR count). The van der Waals surface area contributed by atoms with Crippen molar-refractivity contribution in [1.82, 2.24) is 4.90 Å². The number of hydrogen-bond acceptors (Lipinski definition) is 4. The van der Waals surface area contributed by atoms with E-state index in [-0.39, 0.29) is 11.8 Å². The van der Waals surface area contributed by atoms with Crippen molar-refractivity contribution in [2.24, 2.45) is 5.73 Å². The molecule has 1 aliphatic rings. The molecule has 0 aliphatic carbocycles. The van der Waals surface area contributed by atoms with Crippen molar-refractivity contribution in [2.75, 3.05) is 13.1 Å². The van der Waals surface area contributed by atoms with Crippen LogP contribution < -0.4 is 5.73 Å². The van der Waals surface area contributed by atoms with Crippen LogP contribution in [0.2, 0.25) is 0 Å². The minimum absolute atomic E-state index is 0.00602. The maximum Gasteiger partial charge on any atom is 0.371 e. The minimum Gasteiger partial charge on any atom is -0.475 e. The van der Waals surface area contributed by atoms with E-state index in [2.05, 4.69) is 4.90 Å². The third-order valence-corrected chi connectivity index (χ3v) is 2.56. The molecule has 0 amide bonds. The molecule has 1 atom stereocenters. The van der Waals surface area contributed by atoms with Gasteiger partial charge in [0.15, 0.2) is 0 Å². The molecule has 0 aromatic carbocycles. The van der Waals surface area contributed by atoms with E-state index < -0.39 is 5.97 Å². The van der Waals surface area contributed by atoms with Gasteiger partial charge in [-0.15, -0.1) is 0 Å². The lowest BCUT2D eigenvalue weighted by atomic mass is 10.3. The maximum atomic E-state index is 10.6. The monoisotopic (exact) mass is 210 g/mol. The molecular weight excluding hydrogens is 196 g/mol. The van der Waals surface area contributed by atoms with Gasteiger partial charge in [-0.1, -0.05) is 0 Å². The summed E-state index contributed by atoms with van der Waals surface area (Å²) in [6.45, 7) is 2.44. The van der Waals surface area contributed by atoms with Crippen LogP contribution in [0.15, 0.2) is 16.5 Å². The topological polar surface area (TPSA) is 79.7 Å². The second kappa shape index (κ2) is 4.04. The van der Waals surface area contributed by atoms with Crippen molar-refractivity contribution < 1.29 is 14.3 Å². The Morgan fingerprint density at radius 3 is 3.00 bits per heavy atom. The lowest BCUT2D eigenvalue weighted by Gasteiger charge is -2.12. The molecule has 0 saturated carbocycles. The van der Waals surface area contributed by atoms with Crippen LogP contribution >= 0.6 is 0 Å². The highest BCUT2D eigenvalue weighted by molar-refractivity contribution is 5.84. The summed E-state index contributed by atoms with van der Waals surface area (Å²) < 4.78 is 5.16. The average molecular weight is 210 g/mol. The molecule has 1 saturated heterocycles. The fourth-order valence-corrected chi connectivity index (χ4v) is 1.80. The highest BCUT2D eigenvalue weighted by atomic mass is 16.4. The summed E-state index contributed by atoms with van der Waals surface area (Å²) in [4.78, 5) is 12.7. The number of nitrogens with zero attached hydrogens (tertiary/aromatic N) is 1. The number of rotatable bonds is 3. The molecule has 1 aliphatic heterocycles. The molecule has 2 heterocycles. The molecule has 3 N–H and O–H groups in total. The first kappa shape index (κ1) is 10.2. The minimum atomic E-state index is -1.03. The molecular formula is C10H14N2O3. The van der Waals surface area contributed by atoms with Crippen LogP contribution in [0.1, 0.15) is 22.7 Å². The molecule has 0 radical (unpaired) electrons. The zero-order valence-corrected chi connectivity index (χ0v) is 8.35. The summed E-state index contributed by atoms with van der Waals surface area (Å²) in [7, 11) is 0. The fourth-order valence-electron chi connectivity index (χ4n) is 1.80. The van der Waals surface area contributed by atoms with Gasteiger partial charge in [0.2, 0.25) is 5.76 Å². The smallest absolute Gasteiger partial charge is 0.371 e. The number of nitrogens with two attached hydrogens (primary N) is 1. The van der Waals surface area contributed by atoms with Crippen molar-refractivity contribution >= 4 is 5.97 Å². The van der Waals surface area contributed by atoms with Crippen LogP contribution in [0.25, 0.3) is 0 Å². The number of hydrogen-bond donors (Lipinski definition) is 2. The first-order chi connectivity index (χ1) is 7.15. The molecule has 1 unspecified atom stereocenters. The van der Waals surface area contributed by atoms with Crippen molar-refractivity contribution in [3.05, 3.63) is 23.7 Å². The number of carboxylic acids is 1. The van der Waals surface area contributed by atoms with Gasteiger partial charge in [0.05, 0.1) is 6.54 Å². The molecule has 0 bridgehead atoms. The van der Waals surface area contributed by atoms with E-state index in [1.54, 1.807) is 6.07 Å². The molecule has 0 spiro atoms. The van der Waals surface area contributed by atoms with Crippen LogP contribution in [0.4, 0.5) is 0 Å². The zero-order chi connectivity index (χ0) is 10.8. The Bertz CT molecular complexity index is 361. The summed E-state index contributed by atoms with van der Waals surface area (Å²) in [5, 5.41) is 8.67. The second-order valence-corrected chi connectivity index (χ2v) is 3.85. The average Bonchev–Trinajstić information content (AvgIpc) is 2.76. The Morgan fingerprint density at radius 1 is 1.67 bits per heavy atom. The van der Waals surface area contributed by atoms with E-state index in [9.17, 15) is 4.79 Å². The molecule has 1 aromatic heterocycles. The van der Waals surface area contributed by atoms with Gasteiger partial charge in [-0.25, -0.2) is 4.79 Å². The molecule has 82 valence electrons. The molecule has 15 heavy (non-hydrogen) atoms. The van der Waals surface area contributed by atoms with Crippen molar-refractivity contribution in [3.63, 3.8) is 0 Å². The molecule has 5 heteroatoms. The summed E-state index contributed by atoms with van der Waals surface area (Å²) in [6, 6.07) is 3.42. The number of likely N-dealkylation sites (tertiary alicyclic amines) is 1. The van der Waals surface area contributed by atoms with Crippen molar-refractivity contribution in [1.29, 1.82) is 0 Å². The van der Waals surface area contributed by atoms with Crippen molar-refractivity contribution in [2.45, 2.75) is 19.0 Å². The zero-order valence-electron chi connectivity index (χ0n) is 8.35. The normalized spacial score (nSPS) is 22.1. The SMILES string of the molecule is NC1CCN(Cc2ccc(C(=O)O)o2)C1. The van der Waals surface area contributed by atoms with E-state index in [0.29, 0.717) is 12.3 Å². The van der Waals surface area contributed by atoms with Crippen molar-refractivity contribution in [3.8, 4) is 0 Å². The van der Waals surface area contributed by atoms with Gasteiger partial charge >= 0.3 is 5.97 Å². The third kappa shape index (κ3) is 2.37. The summed E-state index contributed by atoms with van der Waals surface area (Å²) in [5.41, 5.74) is 5.77. The Labute approximate surface area is 87.5 Å². The van der Waals surface area contributed by atoms with E-state index in [0.717, 1.165) is 19.5 Å². The second-order valence-electron chi connectivity index (χ2n) is 3.85. The van der Waals surface area contributed by atoms with E-state index in [4.69, 9.17) is 15.3 Å². The fraction of sp³-hybridized carbons (Fsp3) is 0.500. The summed E-state index contributed by atoms with van der Waals surface area (Å²) in [5.74, 6) is -0.352. The largest absolute Gasteiger partial charge is 0.475 e. The molecule has 1 fully saturated rings. The number of carboxylic acid groups (broad SMARTS) is 1. The lowest BCUT2D eigenvalue weighted by molar-refractivity contribution is 0.0658. The van der Waals surface area contributed by atoms with Crippen LogP contribution in [-0.4, -0.2) is 35.1 Å². The van der Waals surface area contributed by atoms with Crippen LogP contribution in [0, 0.1) is 0 Å². The van der Waals surface area contributed by atoms with E-state index >= 15 is 0 Å². The summed E-state index contributed by atoms with van der Waals surface area (Å²) in [6.07, 6.45) is 0.993. The van der Waals surface area contributed by atoms with Gasteiger partial charge in [-0.2, -0.15) is 0 Å². The third-order valence-electron chi connectivity index (χ3n) is 2.56. The van der Waals surface area contributed by atoms with Gasteiger partial charge < -0.3 is 15.3 Å². The highest BCUT2D eigenvalue weighted by Crippen LogP contribution is 2.14. The lowest BCUT2D eigenvalue weighted by Crippen LogP contribution is -2.26. The number of carbonyl (C=O) groups is 1. The molecule has 5 nitrogen and oxygen atoms in total.